The van der Waals surface area contributed by atoms with Crippen LogP contribution >= 0.6 is 0 Å². The largest absolute Gasteiger partial charge is 0.292 e. The Morgan fingerprint density at radius 3 is 1.95 bits per heavy atom. The van der Waals surface area contributed by atoms with Crippen LogP contribution in [-0.2, 0) is 0 Å². The number of rotatable bonds is 7. The normalized spacial score (nSPS) is 10.9. The summed E-state index contributed by atoms with van der Waals surface area (Å²) in [6.45, 7) is 12.4. The van der Waals surface area contributed by atoms with Gasteiger partial charge in [-0.25, -0.2) is 0 Å². The van der Waals surface area contributed by atoms with Gasteiger partial charge in [0.2, 0.25) is 0 Å². The number of hydrogen-bond donors (Lipinski definition) is 0. The SMILES string of the molecule is CC(C)CCN(CC#Cc1ccccc1)CCC(C)C. The van der Waals surface area contributed by atoms with Crippen molar-refractivity contribution in [2.75, 3.05) is 19.6 Å². The van der Waals surface area contributed by atoms with Crippen molar-refractivity contribution in [1.82, 2.24) is 4.90 Å². The molecule has 0 fully saturated rings. The van der Waals surface area contributed by atoms with Crippen LogP contribution in [-0.4, -0.2) is 24.5 Å². The van der Waals surface area contributed by atoms with E-state index in [1.54, 1.807) is 0 Å². The molecule has 0 bridgehead atoms. The minimum atomic E-state index is 0.763. The van der Waals surface area contributed by atoms with Crippen LogP contribution < -0.4 is 0 Å². The molecule has 20 heavy (non-hydrogen) atoms. The smallest absolute Gasteiger partial charge is 0.0605 e. The van der Waals surface area contributed by atoms with Crippen LogP contribution in [0.3, 0.4) is 0 Å². The predicted molar refractivity (Wildman–Crippen MR) is 88.7 cm³/mol. The fraction of sp³-hybridized carbons (Fsp3) is 0.579. The number of benzene rings is 1. The first-order chi connectivity index (χ1) is 9.58. The van der Waals surface area contributed by atoms with E-state index in [9.17, 15) is 0 Å². The molecule has 110 valence electrons. The molecule has 0 aliphatic rings. The van der Waals surface area contributed by atoms with E-state index in [0.29, 0.717) is 0 Å². The zero-order valence-corrected chi connectivity index (χ0v) is 13.5. The minimum absolute atomic E-state index is 0.763. The van der Waals surface area contributed by atoms with Gasteiger partial charge in [-0.3, -0.25) is 4.90 Å². The van der Waals surface area contributed by atoms with Gasteiger partial charge in [0, 0.05) is 5.56 Å². The Balaban J connectivity index is 2.48. The van der Waals surface area contributed by atoms with Crippen LogP contribution in [0.15, 0.2) is 30.3 Å². The third-order valence-corrected chi connectivity index (χ3v) is 3.35. The molecule has 0 saturated carbocycles. The van der Waals surface area contributed by atoms with Crippen molar-refractivity contribution in [2.24, 2.45) is 11.8 Å². The van der Waals surface area contributed by atoms with Gasteiger partial charge < -0.3 is 0 Å². The Bertz CT molecular complexity index is 396. The van der Waals surface area contributed by atoms with E-state index in [4.69, 9.17) is 0 Å². The molecule has 0 N–H and O–H groups in total. The summed E-state index contributed by atoms with van der Waals surface area (Å²) in [7, 11) is 0. The molecule has 0 aliphatic carbocycles. The van der Waals surface area contributed by atoms with E-state index >= 15 is 0 Å². The van der Waals surface area contributed by atoms with Crippen LogP contribution in [0.4, 0.5) is 0 Å². The van der Waals surface area contributed by atoms with Crippen LogP contribution in [0.1, 0.15) is 46.1 Å². The van der Waals surface area contributed by atoms with Gasteiger partial charge in [0.1, 0.15) is 0 Å². The molecule has 0 amide bonds. The summed E-state index contributed by atoms with van der Waals surface area (Å²) in [6, 6.07) is 10.3. The second kappa shape index (κ2) is 9.61. The molecular weight excluding hydrogens is 242 g/mol. The summed E-state index contributed by atoms with van der Waals surface area (Å²) in [5, 5.41) is 0. The lowest BCUT2D eigenvalue weighted by molar-refractivity contribution is 0.270. The highest BCUT2D eigenvalue weighted by Crippen LogP contribution is 2.06. The average molecular weight is 271 g/mol. The molecule has 0 atom stereocenters. The molecule has 0 radical (unpaired) electrons. The first kappa shape index (κ1) is 16.8. The third-order valence-electron chi connectivity index (χ3n) is 3.35. The quantitative estimate of drug-likeness (QED) is 0.663. The lowest BCUT2D eigenvalue weighted by atomic mass is 10.1. The van der Waals surface area contributed by atoms with Crippen LogP contribution in [0.2, 0.25) is 0 Å². The van der Waals surface area contributed by atoms with E-state index in [-0.39, 0.29) is 0 Å². The summed E-state index contributed by atoms with van der Waals surface area (Å²) in [5.74, 6) is 8.11. The molecule has 1 aromatic rings. The highest BCUT2D eigenvalue weighted by molar-refractivity contribution is 5.33. The van der Waals surface area contributed by atoms with Crippen molar-refractivity contribution in [3.05, 3.63) is 35.9 Å². The fourth-order valence-electron chi connectivity index (χ4n) is 1.93. The van der Waals surface area contributed by atoms with Crippen LogP contribution in [0.25, 0.3) is 0 Å². The summed E-state index contributed by atoms with van der Waals surface area (Å²) in [5.41, 5.74) is 1.11. The van der Waals surface area contributed by atoms with Gasteiger partial charge in [-0.2, -0.15) is 0 Å². The van der Waals surface area contributed by atoms with Crippen molar-refractivity contribution in [3.8, 4) is 11.8 Å². The van der Waals surface area contributed by atoms with Crippen molar-refractivity contribution in [1.29, 1.82) is 0 Å². The van der Waals surface area contributed by atoms with E-state index < -0.39 is 0 Å². The number of hydrogen-bond acceptors (Lipinski definition) is 1. The van der Waals surface area contributed by atoms with Crippen LogP contribution in [0.5, 0.6) is 0 Å². The molecule has 0 aliphatic heterocycles. The Labute approximate surface area is 125 Å². The standard InChI is InChI=1S/C19H29N/c1-17(2)12-15-20(16-13-18(3)4)14-8-11-19-9-6-5-7-10-19/h5-7,9-10,17-18H,12-16H2,1-4H3. The van der Waals surface area contributed by atoms with Gasteiger partial charge in [0.05, 0.1) is 6.54 Å². The molecule has 0 saturated heterocycles. The van der Waals surface area contributed by atoms with Gasteiger partial charge in [0.15, 0.2) is 0 Å². The van der Waals surface area contributed by atoms with Gasteiger partial charge in [-0.05, 0) is 49.9 Å². The minimum Gasteiger partial charge on any atom is -0.292 e. The Morgan fingerprint density at radius 1 is 0.900 bits per heavy atom. The van der Waals surface area contributed by atoms with Gasteiger partial charge in [0.25, 0.3) is 0 Å². The molecule has 1 aromatic carbocycles. The van der Waals surface area contributed by atoms with Crippen molar-refractivity contribution >= 4 is 0 Å². The van der Waals surface area contributed by atoms with Gasteiger partial charge >= 0.3 is 0 Å². The van der Waals surface area contributed by atoms with E-state index in [2.05, 4.69) is 56.6 Å². The average Bonchev–Trinajstić information content (AvgIpc) is 2.42. The maximum Gasteiger partial charge on any atom is 0.0605 e. The highest BCUT2D eigenvalue weighted by Gasteiger charge is 2.05. The molecular formula is C19H29N. The zero-order chi connectivity index (χ0) is 14.8. The zero-order valence-electron chi connectivity index (χ0n) is 13.5. The predicted octanol–water partition coefficient (Wildman–Crippen LogP) is 4.43. The van der Waals surface area contributed by atoms with E-state index in [1.807, 2.05) is 18.2 Å². The molecule has 0 unspecified atom stereocenters. The first-order valence-electron chi connectivity index (χ1n) is 7.84. The van der Waals surface area contributed by atoms with Crippen molar-refractivity contribution in [2.45, 2.75) is 40.5 Å². The lowest BCUT2D eigenvalue weighted by Gasteiger charge is -2.21. The Kier molecular flexibility index (Phi) is 8.07. The molecule has 0 spiro atoms. The fourth-order valence-corrected chi connectivity index (χ4v) is 1.93. The summed E-state index contributed by atoms with van der Waals surface area (Å²) in [6.07, 6.45) is 2.51. The molecule has 1 rings (SSSR count). The lowest BCUT2D eigenvalue weighted by Crippen LogP contribution is -2.28. The first-order valence-corrected chi connectivity index (χ1v) is 7.84. The molecule has 1 heteroatoms. The maximum atomic E-state index is 3.33. The number of nitrogens with zero attached hydrogens (tertiary/aromatic N) is 1. The van der Waals surface area contributed by atoms with E-state index in [1.165, 1.54) is 12.8 Å². The Hall–Kier alpha value is -1.26. The topological polar surface area (TPSA) is 3.24 Å². The third kappa shape index (κ3) is 8.02. The molecule has 1 nitrogen and oxygen atoms in total. The molecule has 0 aromatic heterocycles. The van der Waals surface area contributed by atoms with Gasteiger partial charge in [-0.15, -0.1) is 0 Å². The van der Waals surface area contributed by atoms with Gasteiger partial charge in [-0.1, -0.05) is 57.7 Å². The Morgan fingerprint density at radius 2 is 1.45 bits per heavy atom. The highest BCUT2D eigenvalue weighted by atomic mass is 15.1. The second-order valence-corrected chi connectivity index (χ2v) is 6.31. The van der Waals surface area contributed by atoms with Crippen LogP contribution in [0, 0.1) is 23.7 Å². The summed E-state index contributed by atoms with van der Waals surface area (Å²) in [4.78, 5) is 2.50. The maximum absolute atomic E-state index is 3.33. The van der Waals surface area contributed by atoms with Crippen molar-refractivity contribution in [3.63, 3.8) is 0 Å². The summed E-state index contributed by atoms with van der Waals surface area (Å²) < 4.78 is 0. The summed E-state index contributed by atoms with van der Waals surface area (Å²) >= 11 is 0. The monoisotopic (exact) mass is 271 g/mol. The van der Waals surface area contributed by atoms with E-state index in [0.717, 1.165) is 37.0 Å². The second-order valence-electron chi connectivity index (χ2n) is 6.31. The molecule has 0 heterocycles. The van der Waals surface area contributed by atoms with Crippen molar-refractivity contribution < 1.29 is 0 Å².